The van der Waals surface area contributed by atoms with Gasteiger partial charge in [-0.1, -0.05) is 0 Å². The molecule has 1 rings (SSSR count). The molecule has 0 radical (unpaired) electrons. The lowest BCUT2D eigenvalue weighted by Gasteiger charge is -2.35. The average molecular weight is 261 g/mol. The van der Waals surface area contributed by atoms with Gasteiger partial charge in [0, 0.05) is 0 Å². The molecule has 17 heavy (non-hydrogen) atoms. The van der Waals surface area contributed by atoms with E-state index < -0.39 is 8.56 Å². The topological polar surface area (TPSA) is 30.9 Å². The van der Waals surface area contributed by atoms with Crippen molar-refractivity contribution in [3.63, 3.8) is 0 Å². The zero-order chi connectivity index (χ0) is 12.9. The summed E-state index contributed by atoms with van der Waals surface area (Å²) in [5, 5.41) is 0. The van der Waals surface area contributed by atoms with Gasteiger partial charge in [0.05, 0.1) is 25.4 Å². The van der Waals surface area contributed by atoms with E-state index in [2.05, 4.69) is 39.4 Å². The van der Waals surface area contributed by atoms with Gasteiger partial charge in [0.1, 0.15) is 0 Å². The molecule has 0 saturated carbocycles. The van der Waals surface area contributed by atoms with Crippen molar-refractivity contribution < 1.29 is 13.6 Å². The van der Waals surface area contributed by atoms with Gasteiger partial charge in [-0.2, -0.15) is 0 Å². The largest absolute Gasteiger partial charge is 0.389 e. The lowest BCUT2D eigenvalue weighted by Crippen LogP contribution is -2.48. The average Bonchev–Trinajstić information content (AvgIpc) is 2.13. The Hall–Kier alpha value is 0.0569. The Morgan fingerprint density at radius 3 is 2.12 bits per heavy atom. The van der Waals surface area contributed by atoms with Gasteiger partial charge in [-0.15, -0.1) is 0 Å². The maximum absolute atomic E-state index is 6.10. The summed E-state index contributed by atoms with van der Waals surface area (Å²) >= 11 is 0. The zero-order valence-corrected chi connectivity index (χ0v) is 12.9. The Morgan fingerprint density at radius 1 is 1.12 bits per heavy atom. The Morgan fingerprint density at radius 2 is 1.65 bits per heavy atom. The normalized spacial score (nSPS) is 35.6. The molecule has 1 saturated heterocycles. The van der Waals surface area contributed by atoms with Gasteiger partial charge < -0.3 is 18.5 Å². The van der Waals surface area contributed by atoms with E-state index in [0.29, 0.717) is 13.2 Å². The van der Waals surface area contributed by atoms with Crippen molar-refractivity contribution in [1.82, 2.24) is 4.90 Å². The van der Waals surface area contributed by atoms with E-state index in [-0.39, 0.29) is 12.2 Å². The van der Waals surface area contributed by atoms with Crippen LogP contribution in [0.4, 0.5) is 0 Å². The van der Waals surface area contributed by atoms with Gasteiger partial charge in [-0.3, -0.25) is 0 Å². The first-order chi connectivity index (χ1) is 7.91. The summed E-state index contributed by atoms with van der Waals surface area (Å²) in [7, 11) is 2.18. The molecule has 0 amide bonds. The van der Waals surface area contributed by atoms with E-state index in [1.807, 2.05) is 0 Å². The third-order valence-corrected chi connectivity index (χ3v) is 5.91. The molecule has 2 atom stereocenters. The third kappa shape index (κ3) is 5.97. The highest BCUT2D eigenvalue weighted by Gasteiger charge is 2.36. The van der Waals surface area contributed by atoms with E-state index in [1.165, 1.54) is 0 Å². The maximum Gasteiger partial charge on any atom is 0.335 e. The minimum atomic E-state index is -2.02. The number of ether oxygens (including phenoxy) is 1. The maximum atomic E-state index is 6.10. The predicted molar refractivity (Wildman–Crippen MR) is 71.5 cm³/mol. The molecule has 0 bridgehead atoms. The number of hydrogen-bond donors (Lipinski definition) is 0. The van der Waals surface area contributed by atoms with Gasteiger partial charge in [0.2, 0.25) is 0 Å². The van der Waals surface area contributed by atoms with Gasteiger partial charge >= 0.3 is 8.56 Å². The molecule has 1 fully saturated rings. The van der Waals surface area contributed by atoms with Gasteiger partial charge in [0.15, 0.2) is 0 Å². The fourth-order valence-corrected chi connectivity index (χ4v) is 5.11. The van der Waals surface area contributed by atoms with Crippen LogP contribution in [-0.4, -0.2) is 59.5 Å². The highest BCUT2D eigenvalue weighted by Crippen LogP contribution is 2.22. The van der Waals surface area contributed by atoms with Gasteiger partial charge in [0.25, 0.3) is 0 Å². The molecule has 0 aliphatic carbocycles. The highest BCUT2D eigenvalue weighted by atomic mass is 28.4. The summed E-state index contributed by atoms with van der Waals surface area (Å²) in [5.74, 6) is 0. The van der Waals surface area contributed by atoms with Crippen LogP contribution in [0.3, 0.4) is 0 Å². The molecule has 5 heteroatoms. The fourth-order valence-electron chi connectivity index (χ4n) is 2.18. The fraction of sp³-hybridized carbons (Fsp3) is 1.00. The second-order valence-electron chi connectivity index (χ2n) is 5.44. The predicted octanol–water partition coefficient (Wildman–Crippen LogP) is 1.85. The van der Waals surface area contributed by atoms with Crippen LogP contribution in [0.5, 0.6) is 0 Å². The molecule has 0 aromatic rings. The Bertz CT molecular complexity index is 214. The molecule has 0 aromatic heterocycles. The molecular formula is C12H27NO3Si. The SMILES string of the molecule is CC1COCC(C)O[Si](C)(CCCN(C)C)O1. The first-order valence-electron chi connectivity index (χ1n) is 6.49. The Kier molecular flexibility index (Phi) is 6.09. The van der Waals surface area contributed by atoms with Crippen LogP contribution in [0.25, 0.3) is 0 Å². The van der Waals surface area contributed by atoms with E-state index in [0.717, 1.165) is 19.0 Å². The lowest BCUT2D eigenvalue weighted by molar-refractivity contribution is -0.0371. The van der Waals surface area contributed by atoms with Crippen molar-refractivity contribution in [3.8, 4) is 0 Å². The van der Waals surface area contributed by atoms with Gasteiger partial charge in [-0.25, -0.2) is 0 Å². The van der Waals surface area contributed by atoms with Crippen LogP contribution < -0.4 is 0 Å². The van der Waals surface area contributed by atoms with E-state index in [1.54, 1.807) is 0 Å². The summed E-state index contributed by atoms with van der Waals surface area (Å²) in [5.41, 5.74) is 0. The molecule has 0 N–H and O–H groups in total. The quantitative estimate of drug-likeness (QED) is 0.723. The number of rotatable bonds is 4. The second kappa shape index (κ2) is 6.85. The standard InChI is InChI=1S/C12H27NO3Si/c1-11-9-14-10-12(2)16-17(5,15-11)8-6-7-13(3)4/h11-12H,6-10H2,1-5H3. The Labute approximate surface area is 106 Å². The molecule has 1 aliphatic rings. The second-order valence-corrected chi connectivity index (χ2v) is 8.67. The Balaban J connectivity index is 2.48. The third-order valence-electron chi connectivity index (χ3n) is 2.84. The van der Waals surface area contributed by atoms with Crippen LogP contribution in [0, 0.1) is 0 Å². The van der Waals surface area contributed by atoms with Crippen molar-refractivity contribution in [2.75, 3.05) is 33.9 Å². The summed E-state index contributed by atoms with van der Waals surface area (Å²) < 4.78 is 17.7. The molecular weight excluding hydrogens is 234 g/mol. The molecule has 2 unspecified atom stereocenters. The highest BCUT2D eigenvalue weighted by molar-refractivity contribution is 6.66. The monoisotopic (exact) mass is 261 g/mol. The zero-order valence-electron chi connectivity index (χ0n) is 11.9. The number of nitrogens with zero attached hydrogens (tertiary/aromatic N) is 1. The summed E-state index contributed by atoms with van der Waals surface area (Å²) in [6, 6.07) is 1.06. The minimum absolute atomic E-state index is 0.151. The van der Waals surface area contributed by atoms with Crippen molar-refractivity contribution in [2.24, 2.45) is 0 Å². The van der Waals surface area contributed by atoms with E-state index >= 15 is 0 Å². The minimum Gasteiger partial charge on any atom is -0.389 e. The van der Waals surface area contributed by atoms with E-state index in [4.69, 9.17) is 13.6 Å². The van der Waals surface area contributed by atoms with Crippen LogP contribution in [0.15, 0.2) is 0 Å². The van der Waals surface area contributed by atoms with Crippen LogP contribution >= 0.6 is 0 Å². The first-order valence-corrected chi connectivity index (χ1v) is 9.02. The molecule has 1 aliphatic heterocycles. The smallest absolute Gasteiger partial charge is 0.335 e. The van der Waals surface area contributed by atoms with Crippen LogP contribution in [0.2, 0.25) is 12.6 Å². The molecule has 0 spiro atoms. The summed E-state index contributed by atoms with van der Waals surface area (Å²) in [4.78, 5) is 2.21. The van der Waals surface area contributed by atoms with Crippen molar-refractivity contribution in [3.05, 3.63) is 0 Å². The molecule has 0 aromatic carbocycles. The van der Waals surface area contributed by atoms with Crippen LogP contribution in [-0.2, 0) is 13.6 Å². The summed E-state index contributed by atoms with van der Waals surface area (Å²) in [6.07, 6.45) is 1.44. The molecule has 1 heterocycles. The van der Waals surface area contributed by atoms with Crippen molar-refractivity contribution >= 4 is 8.56 Å². The summed E-state index contributed by atoms with van der Waals surface area (Å²) in [6.45, 7) is 8.77. The molecule has 4 nitrogen and oxygen atoms in total. The van der Waals surface area contributed by atoms with Gasteiger partial charge in [-0.05, 0) is 53.5 Å². The molecule has 102 valence electrons. The number of hydrogen-bond acceptors (Lipinski definition) is 4. The lowest BCUT2D eigenvalue weighted by atomic mass is 10.4. The van der Waals surface area contributed by atoms with Crippen LogP contribution in [0.1, 0.15) is 20.3 Å². The van der Waals surface area contributed by atoms with Crippen molar-refractivity contribution in [1.29, 1.82) is 0 Å². The van der Waals surface area contributed by atoms with E-state index in [9.17, 15) is 0 Å². The first kappa shape index (κ1) is 15.1. The van der Waals surface area contributed by atoms with Crippen molar-refractivity contribution in [2.45, 2.75) is 45.1 Å².